The maximum absolute atomic E-state index is 13.4. The number of amides is 4. The van der Waals surface area contributed by atoms with E-state index in [1.165, 1.54) is 11.1 Å². The molecule has 7 nitrogen and oxygen atoms in total. The van der Waals surface area contributed by atoms with Gasteiger partial charge in [0.25, 0.3) is 5.91 Å². The molecule has 1 saturated heterocycles. The van der Waals surface area contributed by atoms with E-state index in [4.69, 9.17) is 4.74 Å². The molecule has 0 aliphatic carbocycles. The lowest BCUT2D eigenvalue weighted by Gasteiger charge is -2.33. The van der Waals surface area contributed by atoms with E-state index >= 15 is 0 Å². The Balaban J connectivity index is 1.24. The second-order valence-electron chi connectivity index (χ2n) is 8.83. The summed E-state index contributed by atoms with van der Waals surface area (Å²) in [4.78, 5) is 39.8. The highest BCUT2D eigenvalue weighted by Crippen LogP contribution is 2.40. The first-order valence-corrected chi connectivity index (χ1v) is 11.8. The van der Waals surface area contributed by atoms with Crippen LogP contribution in [0.25, 0.3) is 0 Å². The summed E-state index contributed by atoms with van der Waals surface area (Å²) in [5, 5.41) is 5.72. The molecule has 178 valence electrons. The lowest BCUT2D eigenvalue weighted by molar-refractivity contribution is -0.136. The normalized spacial score (nSPS) is 18.8. The molecule has 3 aromatic carbocycles. The van der Waals surface area contributed by atoms with E-state index in [9.17, 15) is 14.4 Å². The van der Waals surface area contributed by atoms with Crippen LogP contribution in [0.15, 0.2) is 84.9 Å². The van der Waals surface area contributed by atoms with E-state index in [1.807, 2.05) is 42.5 Å². The third kappa shape index (κ3) is 4.37. The fourth-order valence-electron chi connectivity index (χ4n) is 4.97. The predicted octanol–water partition coefficient (Wildman–Crippen LogP) is 3.55. The quantitative estimate of drug-likeness (QED) is 0.518. The third-order valence-corrected chi connectivity index (χ3v) is 6.72. The molecule has 2 N–H and O–H groups in total. The van der Waals surface area contributed by atoms with Crippen LogP contribution in [-0.2, 0) is 15.1 Å². The maximum atomic E-state index is 13.4. The highest BCUT2D eigenvalue weighted by atomic mass is 16.5. The molecule has 0 radical (unpaired) electrons. The third-order valence-electron chi connectivity index (χ3n) is 6.72. The summed E-state index contributed by atoms with van der Waals surface area (Å²) in [6.45, 7) is 0.402. The van der Waals surface area contributed by atoms with Crippen molar-refractivity contribution in [2.75, 3.05) is 19.7 Å². The van der Waals surface area contributed by atoms with Crippen molar-refractivity contribution >= 4 is 17.8 Å². The second-order valence-corrected chi connectivity index (χ2v) is 8.83. The summed E-state index contributed by atoms with van der Waals surface area (Å²) in [6, 6.07) is 26.9. The number of nitrogens with one attached hydrogen (secondary N) is 2. The molecular formula is C28H27N3O4. The number of carbonyl (C=O) groups is 3. The minimum Gasteiger partial charge on any atom is -0.493 e. The Hall–Kier alpha value is -4.13. The number of carbonyl (C=O) groups excluding carboxylic acids is 3. The number of imide groups is 1. The van der Waals surface area contributed by atoms with Crippen molar-refractivity contribution in [2.24, 2.45) is 0 Å². The predicted molar refractivity (Wildman–Crippen MR) is 131 cm³/mol. The minimum absolute atomic E-state index is 0.122. The summed E-state index contributed by atoms with van der Waals surface area (Å²) < 4.78 is 5.66. The minimum atomic E-state index is -1.18. The number of hydrogen-bond donors (Lipinski definition) is 2. The molecule has 35 heavy (non-hydrogen) atoms. The van der Waals surface area contributed by atoms with E-state index in [2.05, 4.69) is 34.9 Å². The van der Waals surface area contributed by atoms with Gasteiger partial charge in [0.2, 0.25) is 5.91 Å². The number of para-hydroxylation sites is 1. The van der Waals surface area contributed by atoms with Crippen LogP contribution < -0.4 is 15.4 Å². The highest BCUT2D eigenvalue weighted by molar-refractivity contribution is 6.09. The standard InChI is InChI=1S/C28H27N3O4/c32-25(29-17-15-22(20-9-3-1-4-10-20)21-11-5-2-6-12-21)19-31-26(33)28(30-27(31)34)16-18-35-24-14-8-7-13-23(24)28/h1-14,22H,15-19H2,(H,29,32)(H,30,34). The van der Waals surface area contributed by atoms with Gasteiger partial charge in [0.1, 0.15) is 12.3 Å². The van der Waals surface area contributed by atoms with Gasteiger partial charge in [-0.1, -0.05) is 78.9 Å². The van der Waals surface area contributed by atoms with Gasteiger partial charge < -0.3 is 15.4 Å². The largest absolute Gasteiger partial charge is 0.493 e. The van der Waals surface area contributed by atoms with Crippen LogP contribution in [0.5, 0.6) is 5.75 Å². The Morgan fingerprint density at radius 2 is 1.57 bits per heavy atom. The first-order valence-electron chi connectivity index (χ1n) is 11.8. The Bertz CT molecular complexity index is 1190. The van der Waals surface area contributed by atoms with Crippen molar-refractivity contribution in [3.8, 4) is 5.75 Å². The van der Waals surface area contributed by atoms with E-state index in [0.29, 0.717) is 37.3 Å². The smallest absolute Gasteiger partial charge is 0.325 e. The van der Waals surface area contributed by atoms with Crippen LogP contribution in [0.3, 0.4) is 0 Å². The van der Waals surface area contributed by atoms with Gasteiger partial charge in [-0.25, -0.2) is 4.79 Å². The number of urea groups is 1. The molecule has 2 aliphatic heterocycles. The zero-order chi connectivity index (χ0) is 24.3. The van der Waals surface area contributed by atoms with E-state index < -0.39 is 17.5 Å². The fraction of sp³-hybridized carbons (Fsp3) is 0.250. The Morgan fingerprint density at radius 3 is 2.26 bits per heavy atom. The van der Waals surface area contributed by atoms with Crippen molar-refractivity contribution < 1.29 is 19.1 Å². The molecule has 2 heterocycles. The molecule has 0 bridgehead atoms. The number of ether oxygens (including phenoxy) is 1. The van der Waals surface area contributed by atoms with Crippen molar-refractivity contribution in [1.29, 1.82) is 0 Å². The number of nitrogens with zero attached hydrogens (tertiary/aromatic N) is 1. The molecule has 1 atom stereocenters. The van der Waals surface area contributed by atoms with Gasteiger partial charge in [-0.15, -0.1) is 0 Å². The molecule has 1 unspecified atom stereocenters. The zero-order valence-electron chi connectivity index (χ0n) is 19.3. The van der Waals surface area contributed by atoms with Crippen LogP contribution in [-0.4, -0.2) is 42.4 Å². The first kappa shape index (κ1) is 22.7. The number of benzene rings is 3. The van der Waals surface area contributed by atoms with Gasteiger partial charge in [0.15, 0.2) is 5.54 Å². The van der Waals surface area contributed by atoms with Gasteiger partial charge in [-0.05, 0) is 23.6 Å². The summed E-state index contributed by atoms with van der Waals surface area (Å²) in [5.41, 5.74) is 1.78. The molecule has 1 spiro atoms. The summed E-state index contributed by atoms with van der Waals surface area (Å²) in [6.07, 6.45) is 1.01. The Labute approximate surface area is 204 Å². The van der Waals surface area contributed by atoms with Gasteiger partial charge in [-0.2, -0.15) is 0 Å². The molecule has 1 fully saturated rings. The highest BCUT2D eigenvalue weighted by Gasteiger charge is 2.55. The fourth-order valence-corrected chi connectivity index (χ4v) is 4.97. The average Bonchev–Trinajstić information content (AvgIpc) is 3.12. The monoisotopic (exact) mass is 469 g/mol. The summed E-state index contributed by atoms with van der Waals surface area (Å²) in [5.74, 6) is -0.0893. The Morgan fingerprint density at radius 1 is 0.943 bits per heavy atom. The van der Waals surface area contributed by atoms with Gasteiger partial charge in [0, 0.05) is 24.4 Å². The number of fused-ring (bicyclic) bond motifs is 2. The van der Waals surface area contributed by atoms with Gasteiger partial charge in [-0.3, -0.25) is 14.5 Å². The molecule has 4 amide bonds. The topological polar surface area (TPSA) is 87.7 Å². The van der Waals surface area contributed by atoms with Crippen LogP contribution in [0.2, 0.25) is 0 Å². The molecule has 0 aromatic heterocycles. The molecule has 5 rings (SSSR count). The van der Waals surface area contributed by atoms with Crippen LogP contribution in [0.1, 0.15) is 35.4 Å². The summed E-state index contributed by atoms with van der Waals surface area (Å²) in [7, 11) is 0. The van der Waals surface area contributed by atoms with Crippen molar-refractivity contribution in [1.82, 2.24) is 15.5 Å². The zero-order valence-corrected chi connectivity index (χ0v) is 19.3. The molecule has 2 aliphatic rings. The van der Waals surface area contributed by atoms with Crippen molar-refractivity contribution in [3.63, 3.8) is 0 Å². The lowest BCUT2D eigenvalue weighted by Crippen LogP contribution is -2.48. The van der Waals surface area contributed by atoms with Gasteiger partial charge >= 0.3 is 6.03 Å². The maximum Gasteiger partial charge on any atom is 0.325 e. The lowest BCUT2D eigenvalue weighted by atomic mass is 9.84. The Kier molecular flexibility index (Phi) is 6.23. The van der Waals surface area contributed by atoms with Gasteiger partial charge in [0.05, 0.1) is 6.61 Å². The SMILES string of the molecule is O=C(CN1C(=O)NC2(CCOc3ccccc32)C1=O)NCCC(c1ccccc1)c1ccccc1. The molecule has 3 aromatic rings. The van der Waals surface area contributed by atoms with Crippen LogP contribution >= 0.6 is 0 Å². The molecular weight excluding hydrogens is 442 g/mol. The summed E-state index contributed by atoms with van der Waals surface area (Å²) >= 11 is 0. The second kappa shape index (κ2) is 9.62. The van der Waals surface area contributed by atoms with E-state index in [-0.39, 0.29) is 18.4 Å². The van der Waals surface area contributed by atoms with Crippen LogP contribution in [0.4, 0.5) is 4.79 Å². The van der Waals surface area contributed by atoms with E-state index in [1.54, 1.807) is 18.2 Å². The first-order chi connectivity index (χ1) is 17.1. The average molecular weight is 470 g/mol. The molecule has 0 saturated carbocycles. The van der Waals surface area contributed by atoms with Crippen molar-refractivity contribution in [2.45, 2.75) is 24.3 Å². The number of rotatable bonds is 7. The van der Waals surface area contributed by atoms with E-state index in [0.717, 1.165) is 4.90 Å². The number of hydrogen-bond acceptors (Lipinski definition) is 4. The van der Waals surface area contributed by atoms with Crippen molar-refractivity contribution in [3.05, 3.63) is 102 Å². The van der Waals surface area contributed by atoms with Crippen LogP contribution in [0, 0.1) is 0 Å². The molecule has 7 heteroatoms.